The van der Waals surface area contributed by atoms with Gasteiger partial charge in [-0.05, 0) is 43.4 Å². The maximum atomic E-state index is 9.62. The summed E-state index contributed by atoms with van der Waals surface area (Å²) in [4.78, 5) is 2.23. The summed E-state index contributed by atoms with van der Waals surface area (Å²) in [6.45, 7) is 3.44. The van der Waals surface area contributed by atoms with E-state index in [1.807, 2.05) is 18.2 Å². The lowest BCUT2D eigenvalue weighted by molar-refractivity contribution is 0.198. The highest BCUT2D eigenvalue weighted by Gasteiger charge is 2.24. The summed E-state index contributed by atoms with van der Waals surface area (Å²) < 4.78 is 0.938. The Hall–Kier alpha value is -0.980. The predicted octanol–water partition coefficient (Wildman–Crippen LogP) is 3.35. The number of benzene rings is 1. The Morgan fingerprint density at radius 3 is 2.78 bits per heavy atom. The van der Waals surface area contributed by atoms with E-state index in [1.165, 1.54) is 12.8 Å². The Kier molecular flexibility index (Phi) is 4.31. The largest absolute Gasteiger partial charge is 0.389 e. The van der Waals surface area contributed by atoms with Crippen LogP contribution >= 0.6 is 15.9 Å². The maximum absolute atomic E-state index is 9.62. The molecule has 0 heterocycles. The molecule has 3 heteroatoms. The lowest BCUT2D eigenvalue weighted by atomic mass is 10.1. The minimum atomic E-state index is -0.460. The van der Waals surface area contributed by atoms with Gasteiger partial charge in [0, 0.05) is 16.7 Å². The molecule has 0 amide bonds. The van der Waals surface area contributed by atoms with Crippen LogP contribution in [-0.2, 0) is 0 Å². The smallest absolute Gasteiger partial charge is 0.0791 e. The van der Waals surface area contributed by atoms with E-state index in [-0.39, 0.29) is 0 Å². The minimum Gasteiger partial charge on any atom is -0.389 e. The van der Waals surface area contributed by atoms with Gasteiger partial charge < -0.3 is 10.0 Å². The van der Waals surface area contributed by atoms with Crippen LogP contribution in [0.3, 0.4) is 0 Å². The van der Waals surface area contributed by atoms with Gasteiger partial charge in [0.2, 0.25) is 0 Å². The van der Waals surface area contributed by atoms with Crippen molar-refractivity contribution in [3.8, 4) is 12.3 Å². The second-order valence-electron chi connectivity index (χ2n) is 4.91. The molecule has 1 fully saturated rings. The summed E-state index contributed by atoms with van der Waals surface area (Å²) >= 11 is 3.51. The minimum absolute atomic E-state index is 0.460. The summed E-state index contributed by atoms with van der Waals surface area (Å²) in [6, 6.07) is 6.04. The van der Waals surface area contributed by atoms with E-state index in [1.54, 1.807) is 6.92 Å². The number of rotatable bonds is 5. The Balaban J connectivity index is 2.19. The van der Waals surface area contributed by atoms with Gasteiger partial charge in [-0.2, -0.15) is 0 Å². The number of nitrogens with zero attached hydrogens (tertiary/aromatic N) is 1. The van der Waals surface area contributed by atoms with Gasteiger partial charge in [-0.25, -0.2) is 0 Å². The van der Waals surface area contributed by atoms with E-state index >= 15 is 0 Å². The summed E-state index contributed by atoms with van der Waals surface area (Å²) in [5.74, 6) is 3.52. The molecule has 1 aromatic carbocycles. The number of aliphatic hydroxyl groups is 1. The molecular weight excluding hydrogens is 290 g/mol. The highest BCUT2D eigenvalue weighted by Crippen LogP contribution is 2.33. The highest BCUT2D eigenvalue weighted by atomic mass is 79.9. The standard InChI is InChI=1S/C15H18BrNO/c1-3-8-17(10-12-4-5-12)13-6-7-14(11(2)18)15(16)9-13/h1,6-7,9,11-12,18H,4-5,8,10H2,2H3/t11-/m0/s1. The van der Waals surface area contributed by atoms with Crippen molar-refractivity contribution < 1.29 is 5.11 Å². The quantitative estimate of drug-likeness (QED) is 0.843. The monoisotopic (exact) mass is 307 g/mol. The van der Waals surface area contributed by atoms with Crippen LogP contribution in [0.2, 0.25) is 0 Å². The van der Waals surface area contributed by atoms with Crippen LogP contribution in [0, 0.1) is 18.3 Å². The molecule has 1 aliphatic carbocycles. The molecule has 18 heavy (non-hydrogen) atoms. The number of terminal acetylenes is 1. The average molecular weight is 308 g/mol. The van der Waals surface area contributed by atoms with E-state index < -0.39 is 6.10 Å². The summed E-state index contributed by atoms with van der Waals surface area (Å²) in [5, 5.41) is 9.62. The fourth-order valence-electron chi connectivity index (χ4n) is 2.04. The van der Waals surface area contributed by atoms with E-state index in [4.69, 9.17) is 6.42 Å². The van der Waals surface area contributed by atoms with Crippen LogP contribution in [0.15, 0.2) is 22.7 Å². The zero-order chi connectivity index (χ0) is 13.1. The molecule has 1 N–H and O–H groups in total. The molecule has 96 valence electrons. The van der Waals surface area contributed by atoms with E-state index in [2.05, 4.69) is 26.8 Å². The maximum Gasteiger partial charge on any atom is 0.0791 e. The predicted molar refractivity (Wildman–Crippen MR) is 78.5 cm³/mol. The SMILES string of the molecule is C#CCN(CC1CC1)c1ccc([C@H](C)O)c(Br)c1. The van der Waals surface area contributed by atoms with Crippen LogP contribution in [0.1, 0.15) is 31.4 Å². The van der Waals surface area contributed by atoms with Crippen molar-refractivity contribution in [3.05, 3.63) is 28.2 Å². The topological polar surface area (TPSA) is 23.5 Å². The average Bonchev–Trinajstić information content (AvgIpc) is 3.11. The molecule has 0 unspecified atom stereocenters. The van der Waals surface area contributed by atoms with Gasteiger partial charge >= 0.3 is 0 Å². The molecule has 1 saturated carbocycles. The molecule has 0 spiro atoms. The van der Waals surface area contributed by atoms with E-state index in [0.29, 0.717) is 6.54 Å². The van der Waals surface area contributed by atoms with Gasteiger partial charge in [0.15, 0.2) is 0 Å². The van der Waals surface area contributed by atoms with Crippen molar-refractivity contribution >= 4 is 21.6 Å². The normalized spacial score (nSPS) is 16.1. The van der Waals surface area contributed by atoms with Gasteiger partial charge in [0.25, 0.3) is 0 Å². The first-order valence-electron chi connectivity index (χ1n) is 6.27. The van der Waals surface area contributed by atoms with Crippen molar-refractivity contribution in [2.24, 2.45) is 5.92 Å². The van der Waals surface area contributed by atoms with Gasteiger partial charge in [0.1, 0.15) is 0 Å². The number of anilines is 1. The fourth-order valence-corrected chi connectivity index (χ4v) is 2.73. The van der Waals surface area contributed by atoms with Gasteiger partial charge in [-0.15, -0.1) is 6.42 Å². The Morgan fingerprint density at radius 2 is 2.28 bits per heavy atom. The number of halogens is 1. The van der Waals surface area contributed by atoms with Crippen molar-refractivity contribution in [1.29, 1.82) is 0 Å². The van der Waals surface area contributed by atoms with Crippen molar-refractivity contribution in [2.45, 2.75) is 25.9 Å². The second kappa shape index (κ2) is 5.77. The third kappa shape index (κ3) is 3.28. The van der Waals surface area contributed by atoms with Gasteiger partial charge in [-0.1, -0.05) is 27.9 Å². The Labute approximate surface area is 117 Å². The summed E-state index contributed by atoms with van der Waals surface area (Å²) in [7, 11) is 0. The van der Waals surface area contributed by atoms with Crippen LogP contribution in [-0.4, -0.2) is 18.2 Å². The summed E-state index contributed by atoms with van der Waals surface area (Å²) in [6.07, 6.45) is 7.60. The van der Waals surface area contributed by atoms with Gasteiger partial charge in [-0.3, -0.25) is 0 Å². The summed E-state index contributed by atoms with van der Waals surface area (Å²) in [5.41, 5.74) is 2.03. The molecule has 0 aromatic heterocycles. The molecule has 1 aliphatic rings. The molecule has 0 saturated heterocycles. The van der Waals surface area contributed by atoms with Crippen LogP contribution in [0.25, 0.3) is 0 Å². The highest BCUT2D eigenvalue weighted by molar-refractivity contribution is 9.10. The number of aliphatic hydroxyl groups excluding tert-OH is 1. The van der Waals surface area contributed by atoms with Crippen molar-refractivity contribution in [3.63, 3.8) is 0 Å². The molecule has 0 radical (unpaired) electrons. The van der Waals surface area contributed by atoms with Crippen LogP contribution in [0.5, 0.6) is 0 Å². The van der Waals surface area contributed by atoms with Crippen molar-refractivity contribution in [1.82, 2.24) is 0 Å². The first kappa shape index (κ1) is 13.5. The molecule has 1 atom stereocenters. The third-order valence-corrected chi connectivity index (χ3v) is 3.94. The molecule has 2 rings (SSSR count). The zero-order valence-corrected chi connectivity index (χ0v) is 12.2. The van der Waals surface area contributed by atoms with Crippen LogP contribution < -0.4 is 4.90 Å². The third-order valence-electron chi connectivity index (χ3n) is 3.26. The van der Waals surface area contributed by atoms with E-state index in [9.17, 15) is 5.11 Å². The lowest BCUT2D eigenvalue weighted by Gasteiger charge is -2.23. The zero-order valence-electron chi connectivity index (χ0n) is 10.6. The molecule has 0 bridgehead atoms. The first-order chi connectivity index (χ1) is 8.61. The van der Waals surface area contributed by atoms with E-state index in [0.717, 1.165) is 28.2 Å². The first-order valence-corrected chi connectivity index (χ1v) is 7.07. The molecular formula is C15H18BrNO. The lowest BCUT2D eigenvalue weighted by Crippen LogP contribution is -2.26. The van der Waals surface area contributed by atoms with Crippen LogP contribution in [0.4, 0.5) is 5.69 Å². The second-order valence-corrected chi connectivity index (χ2v) is 5.76. The molecule has 2 nitrogen and oxygen atoms in total. The van der Waals surface area contributed by atoms with Crippen molar-refractivity contribution in [2.75, 3.05) is 18.0 Å². The number of hydrogen-bond donors (Lipinski definition) is 1. The fraction of sp³-hybridized carbons (Fsp3) is 0.467. The molecule has 1 aromatic rings. The Morgan fingerprint density at radius 1 is 1.56 bits per heavy atom. The Bertz CT molecular complexity index is 460. The van der Waals surface area contributed by atoms with Gasteiger partial charge in [0.05, 0.1) is 12.6 Å². The number of hydrogen-bond acceptors (Lipinski definition) is 2. The molecule has 0 aliphatic heterocycles.